The molecule has 0 atom stereocenters. The molecule has 0 aromatic rings. The van der Waals surface area contributed by atoms with Gasteiger partial charge < -0.3 is 0 Å². The van der Waals surface area contributed by atoms with Gasteiger partial charge in [0.2, 0.25) is 3.84 Å². The number of hydrogen-bond acceptors (Lipinski definition) is 2. The van der Waals surface area contributed by atoms with Crippen molar-refractivity contribution in [2.75, 3.05) is 0 Å². The van der Waals surface area contributed by atoms with Gasteiger partial charge in [-0.15, -0.1) is 5.10 Å². The summed E-state index contributed by atoms with van der Waals surface area (Å²) < 4.78 is 1.01. The summed E-state index contributed by atoms with van der Waals surface area (Å²) in [6.07, 6.45) is 0. The average Bonchev–Trinajstić information content (AvgIpc) is 1.75. The van der Waals surface area contributed by atoms with Gasteiger partial charge >= 0.3 is 0 Å². The molecule has 0 unspecified atom stereocenters. The van der Waals surface area contributed by atoms with Gasteiger partial charge in [0, 0.05) is 22.6 Å². The Kier molecular flexibility index (Phi) is 0.349. The van der Waals surface area contributed by atoms with Crippen LogP contribution in [0.1, 0.15) is 0 Å². The fourth-order valence-electron chi connectivity index (χ4n) is 0.0211. The first-order valence-corrected chi connectivity index (χ1v) is 1.96. The maximum Gasteiger partial charge on any atom is 0.204 e. The highest BCUT2D eigenvalue weighted by Crippen LogP contribution is 1.93. The topological polar surface area (TPSA) is 34.3 Å². The first-order valence-electron chi connectivity index (χ1n) is 0.886. The zero-order valence-electron chi connectivity index (χ0n) is 1.83. The summed E-state index contributed by atoms with van der Waals surface area (Å²) in [7, 11) is 0. The van der Waals surface area contributed by atoms with Crippen molar-refractivity contribution in [3.05, 3.63) is 0 Å². The van der Waals surface area contributed by atoms with Crippen LogP contribution in [-0.4, -0.2) is 3.84 Å². The summed E-state index contributed by atoms with van der Waals surface area (Å²) in [5.41, 5.74) is 2.63. The van der Waals surface area contributed by atoms with Crippen molar-refractivity contribution in [1.29, 1.82) is 0 Å². The fraction of sp³-hybridized carbons (Fsp3) is 0. The SMILES string of the molecule is IC1=NN1. The van der Waals surface area contributed by atoms with Crippen LogP contribution in [0.2, 0.25) is 0 Å². The second kappa shape index (κ2) is 0.573. The highest BCUT2D eigenvalue weighted by Gasteiger charge is 1.97. The van der Waals surface area contributed by atoms with Crippen molar-refractivity contribution in [3.8, 4) is 0 Å². The van der Waals surface area contributed by atoms with E-state index in [2.05, 4.69) is 33.1 Å². The lowest BCUT2D eigenvalue weighted by molar-refractivity contribution is 1.27. The summed E-state index contributed by atoms with van der Waals surface area (Å²) in [6.45, 7) is 0. The van der Waals surface area contributed by atoms with Crippen LogP contribution >= 0.6 is 22.6 Å². The fourth-order valence-corrected chi connectivity index (χ4v) is 0.142. The molecule has 0 aromatic carbocycles. The zero-order chi connectivity index (χ0) is 2.99. The number of hydrazone groups is 1. The van der Waals surface area contributed by atoms with Gasteiger partial charge in [-0.2, -0.15) is 0 Å². The summed E-state index contributed by atoms with van der Waals surface area (Å²) in [5, 5.41) is 3.56. The van der Waals surface area contributed by atoms with E-state index in [4.69, 9.17) is 0 Å². The quantitative estimate of drug-likeness (QED) is 0.409. The second-order valence-electron chi connectivity index (χ2n) is 0.514. The lowest BCUT2D eigenvalue weighted by atomic mass is 11.6. The lowest BCUT2D eigenvalue weighted by Crippen LogP contribution is -1.73. The molecule has 1 aliphatic rings. The third kappa shape index (κ3) is 0.309. The Morgan fingerprint density at radius 2 is 2.25 bits per heavy atom. The molecule has 1 rings (SSSR count). The molecule has 22 valence electrons. The highest BCUT2D eigenvalue weighted by atomic mass is 127. The monoisotopic (exact) mass is 168 g/mol. The molecule has 1 aliphatic heterocycles. The van der Waals surface area contributed by atoms with Crippen LogP contribution in [0, 0.1) is 0 Å². The summed E-state index contributed by atoms with van der Waals surface area (Å²) in [4.78, 5) is 0. The number of nitrogens with one attached hydrogen (secondary N) is 1. The van der Waals surface area contributed by atoms with E-state index in [0.29, 0.717) is 0 Å². The van der Waals surface area contributed by atoms with Crippen molar-refractivity contribution in [3.63, 3.8) is 0 Å². The molecule has 2 nitrogen and oxygen atoms in total. The van der Waals surface area contributed by atoms with Crippen LogP contribution in [0.25, 0.3) is 0 Å². The van der Waals surface area contributed by atoms with Crippen molar-refractivity contribution in [2.24, 2.45) is 5.10 Å². The summed E-state index contributed by atoms with van der Waals surface area (Å²) in [5.74, 6) is 0. The van der Waals surface area contributed by atoms with Gasteiger partial charge in [0.15, 0.2) is 0 Å². The van der Waals surface area contributed by atoms with Gasteiger partial charge in [-0.3, -0.25) is 5.43 Å². The lowest BCUT2D eigenvalue weighted by Gasteiger charge is -1.42. The van der Waals surface area contributed by atoms with E-state index in [1.54, 1.807) is 0 Å². The Labute approximate surface area is 37.4 Å². The number of halogens is 1. The molecular formula is CHIN2. The smallest absolute Gasteiger partial charge is 0.204 e. The van der Waals surface area contributed by atoms with E-state index >= 15 is 0 Å². The first kappa shape index (κ1) is 2.44. The van der Waals surface area contributed by atoms with Crippen LogP contribution in [0.3, 0.4) is 0 Å². The van der Waals surface area contributed by atoms with Crippen LogP contribution in [0.5, 0.6) is 0 Å². The Morgan fingerprint density at radius 3 is 2.25 bits per heavy atom. The predicted octanol–water partition coefficient (Wildman–Crippen LogP) is 0.296. The van der Waals surface area contributed by atoms with E-state index in [1.807, 2.05) is 0 Å². The van der Waals surface area contributed by atoms with Gasteiger partial charge in [-0.1, -0.05) is 0 Å². The molecule has 0 spiro atoms. The molecule has 0 aliphatic carbocycles. The van der Waals surface area contributed by atoms with E-state index < -0.39 is 0 Å². The molecule has 0 amide bonds. The number of amidine groups is 1. The molecule has 0 fully saturated rings. The van der Waals surface area contributed by atoms with Gasteiger partial charge in [0.25, 0.3) is 0 Å². The van der Waals surface area contributed by atoms with E-state index in [0.717, 1.165) is 3.84 Å². The van der Waals surface area contributed by atoms with Crippen LogP contribution < -0.4 is 5.43 Å². The normalized spacial score (nSPS) is 17.8. The Balaban J connectivity index is 2.54. The van der Waals surface area contributed by atoms with Gasteiger partial charge in [0.1, 0.15) is 0 Å². The van der Waals surface area contributed by atoms with Crippen molar-refractivity contribution in [1.82, 2.24) is 5.43 Å². The first-order chi connectivity index (χ1) is 1.89. The van der Waals surface area contributed by atoms with E-state index in [-0.39, 0.29) is 0 Å². The minimum Gasteiger partial charge on any atom is -0.252 e. The average molecular weight is 168 g/mol. The molecule has 0 saturated heterocycles. The summed E-state index contributed by atoms with van der Waals surface area (Å²) >= 11 is 2.09. The van der Waals surface area contributed by atoms with Crippen molar-refractivity contribution < 1.29 is 0 Å². The molecule has 3 heteroatoms. The number of hydrogen-bond donors (Lipinski definition) is 1. The number of nitrogens with zero attached hydrogens (tertiary/aromatic N) is 1. The number of rotatable bonds is 0. The molecule has 1 N–H and O–H groups in total. The Hall–Kier alpha value is 0.200. The standard InChI is InChI=1S/CHIN2/c2-1-3-4-1/h(H,3,4). The maximum absolute atomic E-state index is 3.56. The molecule has 0 aromatic heterocycles. The summed E-state index contributed by atoms with van der Waals surface area (Å²) in [6, 6.07) is 0. The molecule has 4 heavy (non-hydrogen) atoms. The Bertz CT molecular complexity index is 57.1. The van der Waals surface area contributed by atoms with Crippen molar-refractivity contribution >= 4 is 26.4 Å². The van der Waals surface area contributed by atoms with E-state index in [1.165, 1.54) is 0 Å². The van der Waals surface area contributed by atoms with Gasteiger partial charge in [-0.25, -0.2) is 0 Å². The van der Waals surface area contributed by atoms with Crippen molar-refractivity contribution in [2.45, 2.75) is 0 Å². The van der Waals surface area contributed by atoms with Gasteiger partial charge in [-0.05, 0) is 0 Å². The molecule has 0 radical (unpaired) electrons. The zero-order valence-corrected chi connectivity index (χ0v) is 3.98. The maximum atomic E-state index is 3.56. The molecular weight excluding hydrogens is 167 g/mol. The van der Waals surface area contributed by atoms with Crippen LogP contribution in [0.4, 0.5) is 0 Å². The largest absolute Gasteiger partial charge is 0.252 e. The highest BCUT2D eigenvalue weighted by molar-refractivity contribution is 14.1. The molecule has 0 bridgehead atoms. The third-order valence-corrected chi connectivity index (χ3v) is 0.679. The second-order valence-corrected chi connectivity index (χ2v) is 1.54. The minimum absolute atomic E-state index is 1.01. The van der Waals surface area contributed by atoms with E-state index in [9.17, 15) is 0 Å². The van der Waals surface area contributed by atoms with Crippen LogP contribution in [0.15, 0.2) is 5.10 Å². The Morgan fingerprint density at radius 1 is 2.00 bits per heavy atom. The predicted molar refractivity (Wildman–Crippen MR) is 24.6 cm³/mol. The third-order valence-electron chi connectivity index (χ3n) is 0.196. The molecule has 1 heterocycles. The van der Waals surface area contributed by atoms with Gasteiger partial charge in [0.05, 0.1) is 0 Å². The molecule has 0 saturated carbocycles. The minimum atomic E-state index is 1.01. The van der Waals surface area contributed by atoms with Crippen LogP contribution in [-0.2, 0) is 0 Å².